The second-order valence-electron chi connectivity index (χ2n) is 7.40. The van der Waals surface area contributed by atoms with Crippen LogP contribution >= 0.6 is 0 Å². The zero-order chi connectivity index (χ0) is 22.3. The van der Waals surface area contributed by atoms with Gasteiger partial charge in [-0.25, -0.2) is 8.42 Å². The predicted octanol–water partition coefficient (Wildman–Crippen LogP) is 4.22. The molecule has 0 N–H and O–H groups in total. The van der Waals surface area contributed by atoms with Gasteiger partial charge in [0.15, 0.2) is 0 Å². The Morgan fingerprint density at radius 3 is 2.13 bits per heavy atom. The van der Waals surface area contributed by atoms with Crippen molar-refractivity contribution in [2.45, 2.75) is 38.3 Å². The van der Waals surface area contributed by atoms with E-state index < -0.39 is 10.0 Å². The van der Waals surface area contributed by atoms with Crippen molar-refractivity contribution in [3.63, 3.8) is 0 Å². The van der Waals surface area contributed by atoms with Crippen molar-refractivity contribution in [2.24, 2.45) is 0 Å². The fourth-order valence-electron chi connectivity index (χ4n) is 3.32. The molecule has 0 radical (unpaired) electrons. The molecule has 3 rings (SSSR count). The van der Waals surface area contributed by atoms with Crippen molar-refractivity contribution < 1.29 is 17.6 Å². The summed E-state index contributed by atoms with van der Waals surface area (Å²) in [5.41, 5.74) is 0.965. The van der Waals surface area contributed by atoms with Gasteiger partial charge in [-0.05, 0) is 43.2 Å². The van der Waals surface area contributed by atoms with Gasteiger partial charge in [-0.3, -0.25) is 4.79 Å². The van der Waals surface area contributed by atoms with Crippen LogP contribution in [-0.2, 0) is 27.9 Å². The molecule has 6 nitrogen and oxygen atoms in total. The number of carbonyl (C=O) groups is 1. The van der Waals surface area contributed by atoms with Crippen molar-refractivity contribution in [3.8, 4) is 0 Å². The highest BCUT2D eigenvalue weighted by molar-refractivity contribution is 7.89. The summed E-state index contributed by atoms with van der Waals surface area (Å²) in [7, 11) is -3.77. The van der Waals surface area contributed by atoms with Gasteiger partial charge in [0.05, 0.1) is 18.0 Å². The van der Waals surface area contributed by atoms with Crippen LogP contribution in [0.4, 0.5) is 0 Å². The summed E-state index contributed by atoms with van der Waals surface area (Å²) in [4.78, 5) is 15.1. The van der Waals surface area contributed by atoms with Gasteiger partial charge in [0.25, 0.3) is 0 Å². The van der Waals surface area contributed by atoms with Gasteiger partial charge >= 0.3 is 0 Å². The average molecular weight is 441 g/mol. The summed E-state index contributed by atoms with van der Waals surface area (Å²) in [5, 5.41) is 0. The Morgan fingerprint density at radius 1 is 0.903 bits per heavy atom. The van der Waals surface area contributed by atoms with Gasteiger partial charge < -0.3 is 9.32 Å². The SMILES string of the molecule is CCCN(CC(=O)N(Cc1ccccc1)Cc1ccc(C)o1)S(=O)(=O)c1ccccc1. The van der Waals surface area contributed by atoms with Crippen LogP contribution in [0.1, 0.15) is 30.4 Å². The number of amides is 1. The van der Waals surface area contributed by atoms with Gasteiger partial charge in [0, 0.05) is 13.1 Å². The Hall–Kier alpha value is -2.90. The molecule has 0 unspecified atom stereocenters. The van der Waals surface area contributed by atoms with Crippen molar-refractivity contribution in [1.82, 2.24) is 9.21 Å². The van der Waals surface area contributed by atoms with Crippen LogP contribution < -0.4 is 0 Å². The minimum Gasteiger partial charge on any atom is -0.464 e. The second-order valence-corrected chi connectivity index (χ2v) is 9.34. The summed E-state index contributed by atoms with van der Waals surface area (Å²) in [6.45, 7) is 4.42. The molecule has 0 aliphatic rings. The molecular weight excluding hydrogens is 412 g/mol. The zero-order valence-corrected chi connectivity index (χ0v) is 18.7. The lowest BCUT2D eigenvalue weighted by Crippen LogP contribution is -2.42. The molecule has 164 valence electrons. The molecule has 0 fully saturated rings. The van der Waals surface area contributed by atoms with E-state index in [-0.39, 0.29) is 30.4 Å². The van der Waals surface area contributed by atoms with Crippen LogP contribution in [0.25, 0.3) is 0 Å². The number of nitrogens with zero attached hydrogens (tertiary/aromatic N) is 2. The molecule has 1 amide bonds. The van der Waals surface area contributed by atoms with Gasteiger partial charge in [-0.15, -0.1) is 0 Å². The maximum Gasteiger partial charge on any atom is 0.243 e. The summed E-state index contributed by atoms with van der Waals surface area (Å²) >= 11 is 0. The van der Waals surface area contributed by atoms with Crippen LogP contribution in [-0.4, -0.2) is 36.6 Å². The van der Waals surface area contributed by atoms with E-state index in [0.29, 0.717) is 18.7 Å². The van der Waals surface area contributed by atoms with E-state index in [0.717, 1.165) is 11.3 Å². The number of sulfonamides is 1. The van der Waals surface area contributed by atoms with E-state index in [9.17, 15) is 13.2 Å². The number of furan rings is 1. The Bertz CT molecular complexity index is 1080. The van der Waals surface area contributed by atoms with Crippen LogP contribution in [0.3, 0.4) is 0 Å². The molecule has 0 aliphatic heterocycles. The Labute approximate surface area is 184 Å². The third-order valence-electron chi connectivity index (χ3n) is 4.88. The van der Waals surface area contributed by atoms with E-state index in [4.69, 9.17) is 4.42 Å². The number of rotatable bonds is 10. The minimum absolute atomic E-state index is 0.188. The van der Waals surface area contributed by atoms with E-state index in [1.807, 2.05) is 56.3 Å². The quantitative estimate of drug-likeness (QED) is 0.473. The molecule has 0 aliphatic carbocycles. The Balaban J connectivity index is 1.84. The smallest absolute Gasteiger partial charge is 0.243 e. The first-order valence-corrected chi connectivity index (χ1v) is 11.8. The molecule has 0 atom stereocenters. The van der Waals surface area contributed by atoms with Crippen LogP contribution in [0.5, 0.6) is 0 Å². The molecule has 0 saturated heterocycles. The highest BCUT2D eigenvalue weighted by Gasteiger charge is 2.28. The Morgan fingerprint density at radius 2 is 1.55 bits per heavy atom. The Kier molecular flexibility index (Phi) is 7.65. The molecule has 1 aromatic heterocycles. The number of carbonyl (C=O) groups excluding carboxylic acids is 1. The van der Waals surface area contributed by atoms with Crippen LogP contribution in [0.2, 0.25) is 0 Å². The normalized spacial score (nSPS) is 11.6. The fourth-order valence-corrected chi connectivity index (χ4v) is 4.82. The van der Waals surface area contributed by atoms with Crippen molar-refractivity contribution in [2.75, 3.05) is 13.1 Å². The monoisotopic (exact) mass is 440 g/mol. The van der Waals surface area contributed by atoms with E-state index in [1.54, 1.807) is 35.2 Å². The standard InChI is InChI=1S/C24H28N2O4S/c1-3-16-26(31(28,29)23-12-8-5-9-13-23)19-24(27)25(17-21-10-6-4-7-11-21)18-22-15-14-20(2)30-22/h4-15H,3,16-19H2,1-2H3. The summed E-state index contributed by atoms with van der Waals surface area (Å²) in [5.74, 6) is 1.15. The van der Waals surface area contributed by atoms with Crippen molar-refractivity contribution in [3.05, 3.63) is 89.9 Å². The first-order valence-electron chi connectivity index (χ1n) is 10.3. The first-order chi connectivity index (χ1) is 14.9. The van der Waals surface area contributed by atoms with Crippen molar-refractivity contribution >= 4 is 15.9 Å². The maximum absolute atomic E-state index is 13.3. The van der Waals surface area contributed by atoms with E-state index in [1.165, 1.54) is 4.31 Å². The highest BCUT2D eigenvalue weighted by atomic mass is 32.2. The highest BCUT2D eigenvalue weighted by Crippen LogP contribution is 2.18. The van der Waals surface area contributed by atoms with Gasteiger partial charge in [-0.1, -0.05) is 55.5 Å². The number of hydrogen-bond donors (Lipinski definition) is 0. The number of aryl methyl sites for hydroxylation is 1. The van der Waals surface area contributed by atoms with Crippen LogP contribution in [0.15, 0.2) is 82.1 Å². The van der Waals surface area contributed by atoms with E-state index in [2.05, 4.69) is 0 Å². The van der Waals surface area contributed by atoms with Crippen LogP contribution in [0, 0.1) is 6.92 Å². The van der Waals surface area contributed by atoms with Gasteiger partial charge in [0.1, 0.15) is 11.5 Å². The molecular formula is C24H28N2O4S. The largest absolute Gasteiger partial charge is 0.464 e. The molecule has 3 aromatic rings. The molecule has 2 aromatic carbocycles. The lowest BCUT2D eigenvalue weighted by atomic mass is 10.2. The summed E-state index contributed by atoms with van der Waals surface area (Å²) in [6.07, 6.45) is 0.607. The molecule has 0 spiro atoms. The third-order valence-corrected chi connectivity index (χ3v) is 6.74. The van der Waals surface area contributed by atoms with Crippen molar-refractivity contribution in [1.29, 1.82) is 0 Å². The average Bonchev–Trinajstić information content (AvgIpc) is 3.19. The lowest BCUT2D eigenvalue weighted by molar-refractivity contribution is -0.133. The topological polar surface area (TPSA) is 70.8 Å². The molecule has 0 saturated carbocycles. The predicted molar refractivity (Wildman–Crippen MR) is 120 cm³/mol. The summed E-state index contributed by atoms with van der Waals surface area (Å²) in [6, 6.07) is 21.6. The van der Waals surface area contributed by atoms with Gasteiger partial charge in [-0.2, -0.15) is 4.31 Å². The molecule has 1 heterocycles. The molecule has 7 heteroatoms. The summed E-state index contributed by atoms with van der Waals surface area (Å²) < 4.78 is 33.2. The third kappa shape index (κ3) is 6.06. The molecule has 31 heavy (non-hydrogen) atoms. The fraction of sp³-hybridized carbons (Fsp3) is 0.292. The first kappa shape index (κ1) is 22.8. The van der Waals surface area contributed by atoms with Gasteiger partial charge in [0.2, 0.25) is 15.9 Å². The number of benzene rings is 2. The maximum atomic E-state index is 13.3. The van der Waals surface area contributed by atoms with E-state index >= 15 is 0 Å². The molecule has 0 bridgehead atoms. The minimum atomic E-state index is -3.77. The number of hydrogen-bond acceptors (Lipinski definition) is 4. The second kappa shape index (κ2) is 10.4. The zero-order valence-electron chi connectivity index (χ0n) is 17.9. The lowest BCUT2D eigenvalue weighted by Gasteiger charge is -2.27.